The fourth-order valence-electron chi connectivity index (χ4n) is 1.44. The molecule has 104 valence electrons. The Kier molecular flexibility index (Phi) is 4.75. The second-order valence-corrected chi connectivity index (χ2v) is 5.14. The standard InChI is InChI=1S/C12H11ClN4O2S/c1-2-14-12-15-7-9(17(18)19)11(16-12)20-10-6-4-3-5-8(10)13/h3-7H,2H2,1H3,(H,14,15,16). The molecule has 0 fully saturated rings. The highest BCUT2D eigenvalue weighted by atomic mass is 35.5. The van der Waals surface area contributed by atoms with Gasteiger partial charge in [0.05, 0.1) is 9.95 Å². The Morgan fingerprint density at radius 1 is 1.45 bits per heavy atom. The van der Waals surface area contributed by atoms with E-state index in [1.54, 1.807) is 18.2 Å². The predicted octanol–water partition coefficient (Wildman–Crippen LogP) is 3.62. The van der Waals surface area contributed by atoms with Crippen LogP contribution in [0.25, 0.3) is 0 Å². The molecule has 6 nitrogen and oxygen atoms in total. The summed E-state index contributed by atoms with van der Waals surface area (Å²) in [6.45, 7) is 2.53. The molecule has 0 aliphatic heterocycles. The molecule has 1 aromatic heterocycles. The molecule has 0 spiro atoms. The van der Waals surface area contributed by atoms with Crippen molar-refractivity contribution < 1.29 is 4.92 Å². The van der Waals surface area contributed by atoms with Gasteiger partial charge in [-0.25, -0.2) is 4.98 Å². The maximum absolute atomic E-state index is 11.0. The molecule has 0 saturated carbocycles. The molecule has 0 atom stereocenters. The monoisotopic (exact) mass is 310 g/mol. The number of anilines is 1. The molecule has 0 amide bonds. The molecule has 1 N–H and O–H groups in total. The average molecular weight is 311 g/mol. The van der Waals surface area contributed by atoms with E-state index in [0.29, 0.717) is 22.4 Å². The minimum absolute atomic E-state index is 0.142. The molecule has 0 unspecified atom stereocenters. The van der Waals surface area contributed by atoms with Gasteiger partial charge in [0, 0.05) is 11.4 Å². The van der Waals surface area contributed by atoms with Gasteiger partial charge < -0.3 is 5.32 Å². The third kappa shape index (κ3) is 3.37. The number of rotatable bonds is 5. The van der Waals surface area contributed by atoms with Crippen LogP contribution in [0.2, 0.25) is 5.02 Å². The lowest BCUT2D eigenvalue weighted by molar-refractivity contribution is -0.388. The van der Waals surface area contributed by atoms with Gasteiger partial charge in [0.2, 0.25) is 5.95 Å². The van der Waals surface area contributed by atoms with E-state index in [1.165, 1.54) is 6.20 Å². The SMILES string of the molecule is CCNc1ncc([N+](=O)[O-])c(Sc2ccccc2Cl)n1. The van der Waals surface area contributed by atoms with E-state index >= 15 is 0 Å². The molecule has 20 heavy (non-hydrogen) atoms. The largest absolute Gasteiger partial charge is 0.354 e. The number of hydrogen-bond acceptors (Lipinski definition) is 6. The summed E-state index contributed by atoms with van der Waals surface area (Å²) >= 11 is 7.20. The van der Waals surface area contributed by atoms with Crippen LogP contribution < -0.4 is 5.32 Å². The molecular formula is C12H11ClN4O2S. The Bertz CT molecular complexity index is 639. The Labute approximate surface area is 124 Å². The number of aromatic nitrogens is 2. The zero-order valence-electron chi connectivity index (χ0n) is 10.5. The topological polar surface area (TPSA) is 81.0 Å². The normalized spacial score (nSPS) is 10.3. The molecular weight excluding hydrogens is 300 g/mol. The maximum atomic E-state index is 11.0. The van der Waals surface area contributed by atoms with Crippen LogP contribution in [0.5, 0.6) is 0 Å². The van der Waals surface area contributed by atoms with Crippen molar-refractivity contribution in [2.75, 3.05) is 11.9 Å². The van der Waals surface area contributed by atoms with Crippen LogP contribution in [-0.2, 0) is 0 Å². The van der Waals surface area contributed by atoms with E-state index in [-0.39, 0.29) is 10.7 Å². The van der Waals surface area contributed by atoms with E-state index in [9.17, 15) is 10.1 Å². The number of nitro groups is 1. The zero-order valence-corrected chi connectivity index (χ0v) is 12.1. The molecule has 8 heteroatoms. The van der Waals surface area contributed by atoms with E-state index < -0.39 is 4.92 Å². The first-order valence-corrected chi connectivity index (χ1v) is 6.99. The number of hydrogen-bond donors (Lipinski definition) is 1. The van der Waals surface area contributed by atoms with E-state index in [1.807, 2.05) is 13.0 Å². The van der Waals surface area contributed by atoms with Crippen molar-refractivity contribution in [1.29, 1.82) is 0 Å². The van der Waals surface area contributed by atoms with Gasteiger partial charge in [0.1, 0.15) is 6.20 Å². The van der Waals surface area contributed by atoms with Gasteiger partial charge in [-0.1, -0.05) is 35.5 Å². The summed E-state index contributed by atoms with van der Waals surface area (Å²) in [6.07, 6.45) is 1.20. The smallest absolute Gasteiger partial charge is 0.320 e. The van der Waals surface area contributed by atoms with Crippen LogP contribution in [0, 0.1) is 10.1 Å². The Balaban J connectivity index is 2.40. The summed E-state index contributed by atoms with van der Waals surface area (Å²) in [5, 5.41) is 14.7. The van der Waals surface area contributed by atoms with Gasteiger partial charge in [-0.15, -0.1) is 0 Å². The van der Waals surface area contributed by atoms with Gasteiger partial charge in [-0.05, 0) is 19.1 Å². The molecule has 0 aliphatic rings. The van der Waals surface area contributed by atoms with Crippen LogP contribution >= 0.6 is 23.4 Å². The van der Waals surface area contributed by atoms with Crippen molar-refractivity contribution in [1.82, 2.24) is 9.97 Å². The lowest BCUT2D eigenvalue weighted by Gasteiger charge is -2.06. The summed E-state index contributed by atoms with van der Waals surface area (Å²) in [4.78, 5) is 19.3. The van der Waals surface area contributed by atoms with Crippen LogP contribution in [0.1, 0.15) is 6.92 Å². The number of nitrogens with zero attached hydrogens (tertiary/aromatic N) is 3. The lowest BCUT2D eigenvalue weighted by Crippen LogP contribution is -2.04. The third-order valence-corrected chi connectivity index (χ3v) is 3.82. The van der Waals surface area contributed by atoms with Crippen molar-refractivity contribution in [2.45, 2.75) is 16.8 Å². The summed E-state index contributed by atoms with van der Waals surface area (Å²) in [6, 6.07) is 7.12. The molecule has 0 radical (unpaired) electrons. The van der Waals surface area contributed by atoms with Crippen molar-refractivity contribution in [3.05, 3.63) is 45.6 Å². The van der Waals surface area contributed by atoms with Crippen molar-refractivity contribution in [3.63, 3.8) is 0 Å². The third-order valence-electron chi connectivity index (χ3n) is 2.31. The highest BCUT2D eigenvalue weighted by Crippen LogP contribution is 2.36. The van der Waals surface area contributed by atoms with Crippen LogP contribution in [0.3, 0.4) is 0 Å². The van der Waals surface area contributed by atoms with Crippen molar-refractivity contribution in [3.8, 4) is 0 Å². The summed E-state index contributed by atoms with van der Waals surface area (Å²) < 4.78 is 0. The number of benzene rings is 1. The fraction of sp³-hybridized carbons (Fsp3) is 0.167. The molecule has 0 bridgehead atoms. The van der Waals surface area contributed by atoms with E-state index in [2.05, 4.69) is 15.3 Å². The maximum Gasteiger partial charge on any atom is 0.320 e. The van der Waals surface area contributed by atoms with Gasteiger partial charge in [0.25, 0.3) is 0 Å². The summed E-state index contributed by atoms with van der Waals surface area (Å²) in [5.74, 6) is 0.354. The highest BCUT2D eigenvalue weighted by Gasteiger charge is 2.19. The van der Waals surface area contributed by atoms with Crippen LogP contribution in [0.15, 0.2) is 40.4 Å². The molecule has 0 saturated heterocycles. The van der Waals surface area contributed by atoms with Crippen LogP contribution in [-0.4, -0.2) is 21.4 Å². The van der Waals surface area contributed by atoms with Gasteiger partial charge >= 0.3 is 5.69 Å². The zero-order chi connectivity index (χ0) is 14.5. The van der Waals surface area contributed by atoms with E-state index in [4.69, 9.17) is 11.6 Å². The molecule has 0 aliphatic carbocycles. The first kappa shape index (κ1) is 14.5. The second kappa shape index (κ2) is 6.53. The molecule has 1 aromatic carbocycles. The summed E-state index contributed by atoms with van der Waals surface area (Å²) in [7, 11) is 0. The quantitative estimate of drug-likeness (QED) is 0.516. The van der Waals surface area contributed by atoms with Crippen LogP contribution in [0.4, 0.5) is 11.6 Å². The number of nitrogens with one attached hydrogen (secondary N) is 1. The highest BCUT2D eigenvalue weighted by molar-refractivity contribution is 7.99. The minimum Gasteiger partial charge on any atom is -0.354 e. The Hall–Kier alpha value is -1.86. The van der Waals surface area contributed by atoms with Crippen molar-refractivity contribution >= 4 is 35.0 Å². The number of halogens is 1. The lowest BCUT2D eigenvalue weighted by atomic mass is 10.4. The molecule has 2 rings (SSSR count). The minimum atomic E-state index is -0.505. The summed E-state index contributed by atoms with van der Waals surface area (Å²) in [5.41, 5.74) is -0.142. The van der Waals surface area contributed by atoms with Gasteiger partial charge in [-0.3, -0.25) is 10.1 Å². The first-order valence-electron chi connectivity index (χ1n) is 5.79. The van der Waals surface area contributed by atoms with Gasteiger partial charge in [0.15, 0.2) is 5.03 Å². The molecule has 2 aromatic rings. The average Bonchev–Trinajstić information content (AvgIpc) is 2.42. The fourth-order valence-corrected chi connectivity index (χ4v) is 2.57. The van der Waals surface area contributed by atoms with Crippen molar-refractivity contribution in [2.24, 2.45) is 0 Å². The second-order valence-electron chi connectivity index (χ2n) is 3.70. The molecule has 1 heterocycles. The van der Waals surface area contributed by atoms with Gasteiger partial charge in [-0.2, -0.15) is 4.98 Å². The Morgan fingerprint density at radius 2 is 2.20 bits per heavy atom. The Morgan fingerprint density at radius 3 is 2.85 bits per heavy atom. The first-order chi connectivity index (χ1) is 9.61. The predicted molar refractivity (Wildman–Crippen MR) is 78.4 cm³/mol. The van der Waals surface area contributed by atoms with E-state index in [0.717, 1.165) is 11.8 Å².